The van der Waals surface area contributed by atoms with Crippen LogP contribution < -0.4 is 10.5 Å². The molecule has 0 radical (unpaired) electrons. The molecule has 0 saturated carbocycles. The Kier molecular flexibility index (Phi) is 6.44. The highest BCUT2D eigenvalue weighted by Gasteiger charge is 2.11. The molecule has 2 N–H and O–H groups in total. The van der Waals surface area contributed by atoms with E-state index < -0.39 is 0 Å². The number of carbonyl (C=O) groups is 1. The molecule has 1 rings (SSSR count). The Bertz CT molecular complexity index is 375. The van der Waals surface area contributed by atoms with Crippen LogP contribution in [0.25, 0.3) is 0 Å². The van der Waals surface area contributed by atoms with Crippen molar-refractivity contribution < 1.29 is 9.53 Å². The molecule has 0 aliphatic rings. The molecule has 0 spiro atoms. The van der Waals surface area contributed by atoms with Crippen LogP contribution in [0.4, 0.5) is 0 Å². The first kappa shape index (κ1) is 14.7. The maximum Gasteiger partial charge on any atom is 0.166 e. The summed E-state index contributed by atoms with van der Waals surface area (Å²) in [5.74, 6) is 0.840. The summed E-state index contributed by atoms with van der Waals surface area (Å²) in [4.78, 5) is 12.1. The fourth-order valence-corrected chi connectivity index (χ4v) is 1.75. The first-order valence-electron chi connectivity index (χ1n) is 6.65. The topological polar surface area (TPSA) is 52.3 Å². The number of Topliss-reactive ketones (excluding diaryl/α,β-unsaturated/α-hetero) is 1. The van der Waals surface area contributed by atoms with E-state index in [0.717, 1.165) is 19.3 Å². The molecule has 18 heavy (non-hydrogen) atoms. The number of ether oxygens (including phenoxy) is 1. The minimum absolute atomic E-state index is 0.141. The molecular formula is C15H23NO2. The van der Waals surface area contributed by atoms with Gasteiger partial charge >= 0.3 is 0 Å². The Hall–Kier alpha value is -1.35. The number of benzene rings is 1. The van der Waals surface area contributed by atoms with Gasteiger partial charge in [0.2, 0.25) is 0 Å². The lowest BCUT2D eigenvalue weighted by molar-refractivity contribution is 0.0975. The molecule has 3 heteroatoms. The van der Waals surface area contributed by atoms with E-state index in [-0.39, 0.29) is 11.8 Å². The average Bonchev–Trinajstić information content (AvgIpc) is 2.36. The molecule has 3 nitrogen and oxygen atoms in total. The smallest absolute Gasteiger partial charge is 0.166 e. The van der Waals surface area contributed by atoms with Gasteiger partial charge in [0.15, 0.2) is 5.78 Å². The summed E-state index contributed by atoms with van der Waals surface area (Å²) >= 11 is 0. The fourth-order valence-electron chi connectivity index (χ4n) is 1.75. The second-order valence-electron chi connectivity index (χ2n) is 4.64. The van der Waals surface area contributed by atoms with Crippen molar-refractivity contribution in [2.75, 3.05) is 6.61 Å². The van der Waals surface area contributed by atoms with E-state index in [4.69, 9.17) is 10.5 Å². The number of hydrogen-bond donors (Lipinski definition) is 1. The molecule has 1 aromatic carbocycles. The van der Waals surface area contributed by atoms with Crippen LogP contribution in [0.1, 0.15) is 49.9 Å². The van der Waals surface area contributed by atoms with E-state index in [1.54, 1.807) is 0 Å². The van der Waals surface area contributed by atoms with E-state index >= 15 is 0 Å². The Morgan fingerprint density at radius 2 is 2.11 bits per heavy atom. The number of carbonyl (C=O) groups excluding carboxylic acids is 1. The quantitative estimate of drug-likeness (QED) is 0.720. The molecule has 100 valence electrons. The van der Waals surface area contributed by atoms with Crippen molar-refractivity contribution in [2.45, 2.75) is 45.6 Å². The first-order valence-corrected chi connectivity index (χ1v) is 6.65. The van der Waals surface area contributed by atoms with Crippen LogP contribution in [0, 0.1) is 0 Å². The zero-order chi connectivity index (χ0) is 13.4. The molecule has 0 saturated heterocycles. The van der Waals surface area contributed by atoms with Gasteiger partial charge in [-0.2, -0.15) is 0 Å². The zero-order valence-electron chi connectivity index (χ0n) is 11.3. The van der Waals surface area contributed by atoms with E-state index in [1.165, 1.54) is 0 Å². The van der Waals surface area contributed by atoms with Gasteiger partial charge in [0, 0.05) is 12.5 Å². The maximum absolute atomic E-state index is 12.1. The van der Waals surface area contributed by atoms with E-state index in [1.807, 2.05) is 38.1 Å². The van der Waals surface area contributed by atoms with Crippen molar-refractivity contribution in [1.29, 1.82) is 0 Å². The molecule has 1 unspecified atom stereocenters. The summed E-state index contributed by atoms with van der Waals surface area (Å²) in [7, 11) is 0. The van der Waals surface area contributed by atoms with Crippen LogP contribution in [-0.4, -0.2) is 18.4 Å². The number of para-hydroxylation sites is 1. The van der Waals surface area contributed by atoms with Crippen LogP contribution in [-0.2, 0) is 0 Å². The van der Waals surface area contributed by atoms with Crippen molar-refractivity contribution in [2.24, 2.45) is 5.73 Å². The predicted octanol–water partition coefficient (Wildman–Crippen LogP) is 3.18. The average molecular weight is 249 g/mol. The van der Waals surface area contributed by atoms with E-state index in [2.05, 4.69) is 0 Å². The lowest BCUT2D eigenvalue weighted by Crippen LogP contribution is -2.15. The van der Waals surface area contributed by atoms with Gasteiger partial charge in [-0.3, -0.25) is 4.79 Å². The van der Waals surface area contributed by atoms with Crippen molar-refractivity contribution in [3.63, 3.8) is 0 Å². The normalized spacial score (nSPS) is 12.2. The van der Waals surface area contributed by atoms with Gasteiger partial charge in [-0.25, -0.2) is 0 Å². The van der Waals surface area contributed by atoms with Crippen LogP contribution >= 0.6 is 0 Å². The molecule has 0 heterocycles. The van der Waals surface area contributed by atoms with Gasteiger partial charge in [0.1, 0.15) is 5.75 Å². The molecule has 0 aliphatic heterocycles. The van der Waals surface area contributed by atoms with Gasteiger partial charge in [-0.1, -0.05) is 19.1 Å². The molecule has 0 bridgehead atoms. The SMILES string of the molecule is CCCOc1ccccc1C(=O)CCCC(C)N. The summed E-state index contributed by atoms with van der Waals surface area (Å²) in [6, 6.07) is 7.61. The zero-order valence-corrected chi connectivity index (χ0v) is 11.3. The standard InChI is InChI=1S/C15H23NO2/c1-3-11-18-15-10-5-4-8-13(15)14(17)9-6-7-12(2)16/h4-5,8,10,12H,3,6-7,9,11,16H2,1-2H3. The van der Waals surface area contributed by atoms with Gasteiger partial charge in [-0.05, 0) is 38.3 Å². The summed E-state index contributed by atoms with van der Waals surface area (Å²) in [6.45, 7) is 4.65. The highest BCUT2D eigenvalue weighted by Crippen LogP contribution is 2.20. The third-order valence-corrected chi connectivity index (χ3v) is 2.71. The number of rotatable bonds is 8. The lowest BCUT2D eigenvalue weighted by atomic mass is 10.0. The third kappa shape index (κ3) is 4.88. The van der Waals surface area contributed by atoms with Gasteiger partial charge < -0.3 is 10.5 Å². The maximum atomic E-state index is 12.1. The highest BCUT2D eigenvalue weighted by molar-refractivity contribution is 5.98. The predicted molar refractivity (Wildman–Crippen MR) is 74.1 cm³/mol. The summed E-state index contributed by atoms with van der Waals surface area (Å²) in [6.07, 6.45) is 3.18. The van der Waals surface area contributed by atoms with Crippen molar-refractivity contribution in [1.82, 2.24) is 0 Å². The Morgan fingerprint density at radius 3 is 2.78 bits per heavy atom. The monoisotopic (exact) mass is 249 g/mol. The minimum atomic E-state index is 0.141. The van der Waals surface area contributed by atoms with E-state index in [9.17, 15) is 4.79 Å². The number of ketones is 1. The largest absolute Gasteiger partial charge is 0.493 e. The Morgan fingerprint density at radius 1 is 1.39 bits per heavy atom. The molecule has 0 aliphatic carbocycles. The summed E-state index contributed by atoms with van der Waals surface area (Å²) < 4.78 is 5.59. The second-order valence-corrected chi connectivity index (χ2v) is 4.64. The van der Waals surface area contributed by atoms with Crippen molar-refractivity contribution in [3.05, 3.63) is 29.8 Å². The Labute approximate surface area is 109 Å². The molecular weight excluding hydrogens is 226 g/mol. The Balaban J connectivity index is 2.60. The minimum Gasteiger partial charge on any atom is -0.493 e. The summed E-state index contributed by atoms with van der Waals surface area (Å²) in [5, 5.41) is 0. The van der Waals surface area contributed by atoms with E-state index in [0.29, 0.717) is 24.3 Å². The van der Waals surface area contributed by atoms with Crippen LogP contribution in [0.2, 0.25) is 0 Å². The molecule has 0 aromatic heterocycles. The summed E-state index contributed by atoms with van der Waals surface area (Å²) in [5.41, 5.74) is 6.37. The first-order chi connectivity index (χ1) is 8.65. The second kappa shape index (κ2) is 7.88. The van der Waals surface area contributed by atoms with Gasteiger partial charge in [-0.15, -0.1) is 0 Å². The lowest BCUT2D eigenvalue weighted by Gasteiger charge is -2.10. The van der Waals surface area contributed by atoms with Crippen molar-refractivity contribution in [3.8, 4) is 5.75 Å². The third-order valence-electron chi connectivity index (χ3n) is 2.71. The fraction of sp³-hybridized carbons (Fsp3) is 0.533. The highest BCUT2D eigenvalue weighted by atomic mass is 16.5. The van der Waals surface area contributed by atoms with Crippen LogP contribution in [0.5, 0.6) is 5.75 Å². The van der Waals surface area contributed by atoms with Gasteiger partial charge in [0.05, 0.1) is 12.2 Å². The van der Waals surface area contributed by atoms with Gasteiger partial charge in [0.25, 0.3) is 0 Å². The molecule has 0 fully saturated rings. The molecule has 0 amide bonds. The van der Waals surface area contributed by atoms with Crippen molar-refractivity contribution >= 4 is 5.78 Å². The molecule has 1 atom stereocenters. The number of nitrogens with two attached hydrogens (primary N) is 1. The molecule has 1 aromatic rings. The van der Waals surface area contributed by atoms with Crippen LogP contribution in [0.15, 0.2) is 24.3 Å². The van der Waals surface area contributed by atoms with Crippen LogP contribution in [0.3, 0.4) is 0 Å². The number of hydrogen-bond acceptors (Lipinski definition) is 3.